The summed E-state index contributed by atoms with van der Waals surface area (Å²) in [6, 6.07) is 8.73. The van der Waals surface area contributed by atoms with Crippen molar-refractivity contribution in [2.45, 2.75) is 43.7 Å². The molecular formula is C19H22N4O. The SMILES string of the molecule is O=C(NC1CC1)C1(Cc2cccc(-c3cncnc3)c2)CCCN1. The minimum atomic E-state index is -0.464. The Morgan fingerprint density at radius 1 is 1.25 bits per heavy atom. The molecule has 1 aromatic carbocycles. The van der Waals surface area contributed by atoms with Gasteiger partial charge in [-0.15, -0.1) is 0 Å². The van der Waals surface area contributed by atoms with Gasteiger partial charge in [0.1, 0.15) is 11.9 Å². The molecule has 124 valence electrons. The van der Waals surface area contributed by atoms with Crippen molar-refractivity contribution in [3.8, 4) is 11.1 Å². The third-order valence-electron chi connectivity index (χ3n) is 4.92. The van der Waals surface area contributed by atoms with Gasteiger partial charge in [0.2, 0.25) is 5.91 Å². The van der Waals surface area contributed by atoms with Gasteiger partial charge in [-0.1, -0.05) is 24.3 Å². The summed E-state index contributed by atoms with van der Waals surface area (Å²) in [7, 11) is 0. The van der Waals surface area contributed by atoms with E-state index in [0.29, 0.717) is 12.5 Å². The molecule has 2 heterocycles. The van der Waals surface area contributed by atoms with Crippen LogP contribution in [0, 0.1) is 0 Å². The highest BCUT2D eigenvalue weighted by atomic mass is 16.2. The average molecular weight is 322 g/mol. The molecule has 1 unspecified atom stereocenters. The van der Waals surface area contributed by atoms with E-state index in [1.165, 1.54) is 6.33 Å². The molecule has 1 atom stereocenters. The fourth-order valence-corrected chi connectivity index (χ4v) is 3.44. The molecule has 5 heteroatoms. The van der Waals surface area contributed by atoms with Crippen LogP contribution >= 0.6 is 0 Å². The number of nitrogens with zero attached hydrogens (tertiary/aromatic N) is 2. The van der Waals surface area contributed by atoms with Gasteiger partial charge in [-0.05, 0) is 49.8 Å². The van der Waals surface area contributed by atoms with Crippen molar-refractivity contribution < 1.29 is 4.79 Å². The Bertz CT molecular complexity index is 721. The molecule has 5 nitrogen and oxygen atoms in total. The van der Waals surface area contributed by atoms with Crippen LogP contribution in [0.3, 0.4) is 0 Å². The second-order valence-corrected chi connectivity index (χ2v) is 6.86. The second kappa shape index (κ2) is 6.32. The van der Waals surface area contributed by atoms with Crippen molar-refractivity contribution in [1.29, 1.82) is 0 Å². The van der Waals surface area contributed by atoms with E-state index in [1.54, 1.807) is 0 Å². The monoisotopic (exact) mass is 322 g/mol. The smallest absolute Gasteiger partial charge is 0.240 e. The minimum Gasteiger partial charge on any atom is -0.352 e. The number of hydrogen-bond acceptors (Lipinski definition) is 4. The topological polar surface area (TPSA) is 66.9 Å². The summed E-state index contributed by atoms with van der Waals surface area (Å²) < 4.78 is 0. The largest absolute Gasteiger partial charge is 0.352 e. The molecule has 0 radical (unpaired) electrons. The summed E-state index contributed by atoms with van der Waals surface area (Å²) in [5, 5.41) is 6.66. The summed E-state index contributed by atoms with van der Waals surface area (Å²) >= 11 is 0. The van der Waals surface area contributed by atoms with Crippen molar-refractivity contribution >= 4 is 5.91 Å². The molecule has 1 aliphatic carbocycles. The number of benzene rings is 1. The van der Waals surface area contributed by atoms with Crippen LogP contribution in [0.5, 0.6) is 0 Å². The van der Waals surface area contributed by atoms with Gasteiger partial charge in [0.15, 0.2) is 0 Å². The van der Waals surface area contributed by atoms with Gasteiger partial charge in [-0.25, -0.2) is 9.97 Å². The third-order valence-corrected chi connectivity index (χ3v) is 4.92. The maximum absolute atomic E-state index is 12.8. The highest BCUT2D eigenvalue weighted by molar-refractivity contribution is 5.87. The molecule has 2 N–H and O–H groups in total. The lowest BCUT2D eigenvalue weighted by molar-refractivity contribution is -0.127. The van der Waals surface area contributed by atoms with Crippen LogP contribution in [0.25, 0.3) is 11.1 Å². The number of carbonyl (C=O) groups excluding carboxylic acids is 1. The number of rotatable bonds is 5. The molecule has 1 aromatic heterocycles. The van der Waals surface area contributed by atoms with Gasteiger partial charge in [0, 0.05) is 24.0 Å². The maximum atomic E-state index is 12.8. The Morgan fingerprint density at radius 2 is 2.08 bits per heavy atom. The van der Waals surface area contributed by atoms with E-state index >= 15 is 0 Å². The maximum Gasteiger partial charge on any atom is 0.240 e. The molecular weight excluding hydrogens is 300 g/mol. The zero-order valence-electron chi connectivity index (χ0n) is 13.7. The third kappa shape index (κ3) is 3.17. The van der Waals surface area contributed by atoms with Gasteiger partial charge < -0.3 is 10.6 Å². The van der Waals surface area contributed by atoms with E-state index in [0.717, 1.165) is 48.9 Å². The number of aromatic nitrogens is 2. The lowest BCUT2D eigenvalue weighted by Gasteiger charge is -2.28. The van der Waals surface area contributed by atoms with Crippen LogP contribution in [-0.4, -0.2) is 34.0 Å². The van der Waals surface area contributed by atoms with Crippen LogP contribution in [0.2, 0.25) is 0 Å². The summed E-state index contributed by atoms with van der Waals surface area (Å²) in [6.45, 7) is 0.907. The highest BCUT2D eigenvalue weighted by Gasteiger charge is 2.42. The molecule has 2 aliphatic rings. The van der Waals surface area contributed by atoms with E-state index in [-0.39, 0.29) is 5.91 Å². The van der Waals surface area contributed by atoms with Crippen molar-refractivity contribution in [2.24, 2.45) is 0 Å². The van der Waals surface area contributed by atoms with Crippen molar-refractivity contribution in [2.75, 3.05) is 6.54 Å². The molecule has 1 amide bonds. The second-order valence-electron chi connectivity index (χ2n) is 6.86. The van der Waals surface area contributed by atoms with Crippen molar-refractivity contribution in [3.63, 3.8) is 0 Å². The molecule has 24 heavy (non-hydrogen) atoms. The Kier molecular flexibility index (Phi) is 4.02. The Balaban J connectivity index is 1.57. The van der Waals surface area contributed by atoms with Crippen LogP contribution in [0.15, 0.2) is 43.0 Å². The average Bonchev–Trinajstić information content (AvgIpc) is 3.31. The van der Waals surface area contributed by atoms with Crippen LogP contribution < -0.4 is 10.6 Å². The molecule has 0 spiro atoms. The van der Waals surface area contributed by atoms with E-state index < -0.39 is 5.54 Å². The standard InChI is InChI=1S/C19H22N4O/c24-18(23-17-5-6-17)19(7-2-8-22-19)10-14-3-1-4-15(9-14)16-11-20-13-21-12-16/h1,3-4,9,11-13,17,22H,2,5-8,10H2,(H,23,24). The molecule has 2 fully saturated rings. The fourth-order valence-electron chi connectivity index (χ4n) is 3.44. The number of carbonyl (C=O) groups is 1. The van der Waals surface area contributed by atoms with Gasteiger partial charge in [-0.3, -0.25) is 4.79 Å². The van der Waals surface area contributed by atoms with E-state index in [4.69, 9.17) is 0 Å². The first-order valence-corrected chi connectivity index (χ1v) is 8.66. The fraction of sp³-hybridized carbons (Fsp3) is 0.421. The summed E-state index contributed by atoms with van der Waals surface area (Å²) in [6.07, 6.45) is 10.1. The molecule has 1 saturated heterocycles. The quantitative estimate of drug-likeness (QED) is 0.884. The van der Waals surface area contributed by atoms with Gasteiger partial charge in [0.05, 0.1) is 0 Å². The van der Waals surface area contributed by atoms with Gasteiger partial charge in [-0.2, -0.15) is 0 Å². The van der Waals surface area contributed by atoms with Crippen molar-refractivity contribution in [1.82, 2.24) is 20.6 Å². The lowest BCUT2D eigenvalue weighted by Crippen LogP contribution is -2.55. The molecule has 0 bridgehead atoms. The Hall–Kier alpha value is -2.27. The molecule has 2 aromatic rings. The van der Waals surface area contributed by atoms with Crippen LogP contribution in [0.4, 0.5) is 0 Å². The predicted octanol–water partition coefficient (Wildman–Crippen LogP) is 2.09. The van der Waals surface area contributed by atoms with Crippen LogP contribution in [-0.2, 0) is 11.2 Å². The first kappa shape index (κ1) is 15.3. The summed E-state index contributed by atoms with van der Waals surface area (Å²) in [5.74, 6) is 0.163. The number of amides is 1. The lowest BCUT2D eigenvalue weighted by atomic mass is 9.87. The summed E-state index contributed by atoms with van der Waals surface area (Å²) in [4.78, 5) is 21.0. The normalized spacial score (nSPS) is 23.2. The van der Waals surface area contributed by atoms with E-state index in [1.807, 2.05) is 18.5 Å². The molecule has 1 saturated carbocycles. The zero-order valence-corrected chi connectivity index (χ0v) is 13.7. The summed E-state index contributed by atoms with van der Waals surface area (Å²) in [5.41, 5.74) is 2.78. The predicted molar refractivity (Wildman–Crippen MR) is 92.3 cm³/mol. The first-order chi connectivity index (χ1) is 11.8. The van der Waals surface area contributed by atoms with Gasteiger partial charge >= 0.3 is 0 Å². The van der Waals surface area contributed by atoms with Gasteiger partial charge in [0.25, 0.3) is 0 Å². The molecule has 1 aliphatic heterocycles. The first-order valence-electron chi connectivity index (χ1n) is 8.66. The number of hydrogen-bond donors (Lipinski definition) is 2. The minimum absolute atomic E-state index is 0.163. The van der Waals surface area contributed by atoms with Crippen molar-refractivity contribution in [3.05, 3.63) is 48.5 Å². The zero-order chi connectivity index (χ0) is 16.4. The van der Waals surface area contributed by atoms with Crippen LogP contribution in [0.1, 0.15) is 31.2 Å². The van der Waals surface area contributed by atoms with E-state index in [2.05, 4.69) is 38.8 Å². The number of nitrogens with one attached hydrogen (secondary N) is 2. The highest BCUT2D eigenvalue weighted by Crippen LogP contribution is 2.28. The Morgan fingerprint density at radius 3 is 2.79 bits per heavy atom. The van der Waals surface area contributed by atoms with E-state index in [9.17, 15) is 4.79 Å². The Labute approximate surface area is 141 Å². The molecule has 4 rings (SSSR count).